The van der Waals surface area contributed by atoms with Crippen molar-refractivity contribution >= 4 is 45.3 Å². The maximum absolute atomic E-state index is 13.6. The molecule has 0 unspecified atom stereocenters. The number of nitrogens with one attached hydrogen (secondary N) is 1. The number of rotatable bonds is 3. The smallest absolute Gasteiger partial charge is 0.138 e. The summed E-state index contributed by atoms with van der Waals surface area (Å²) < 4.78 is 14.1. The van der Waals surface area contributed by atoms with Crippen LogP contribution in [0.25, 0.3) is 0 Å². The highest BCUT2D eigenvalue weighted by molar-refractivity contribution is 14.1. The van der Waals surface area contributed by atoms with Crippen LogP contribution in [-0.4, -0.2) is 14.1 Å². The molecule has 3 N–H and O–H groups in total. The fourth-order valence-electron chi connectivity index (χ4n) is 1.69. The van der Waals surface area contributed by atoms with Crippen molar-refractivity contribution < 1.29 is 4.39 Å². The molecule has 0 saturated heterocycles. The lowest BCUT2D eigenvalue weighted by molar-refractivity contribution is 0.621. The quantitative estimate of drug-likeness (QED) is 0.637. The highest BCUT2D eigenvalue weighted by Gasteiger charge is 2.06. The van der Waals surface area contributed by atoms with Gasteiger partial charge in [-0.25, -0.2) is 4.39 Å². The van der Waals surface area contributed by atoms with Crippen LogP contribution in [-0.2, 0) is 0 Å². The van der Waals surface area contributed by atoms with Crippen molar-refractivity contribution in [2.24, 2.45) is 0 Å². The Hall–Kier alpha value is -1.50. The third-order valence-corrected chi connectivity index (χ3v) is 3.56. The van der Waals surface area contributed by atoms with Gasteiger partial charge in [0.05, 0.1) is 14.9 Å². The van der Waals surface area contributed by atoms with E-state index in [0.717, 1.165) is 11.4 Å². The van der Waals surface area contributed by atoms with Gasteiger partial charge < -0.3 is 16.0 Å². The van der Waals surface area contributed by atoms with Crippen molar-refractivity contribution in [2.45, 2.75) is 0 Å². The fraction of sp³-hybridized carbons (Fsp3) is 0.143. The Morgan fingerprint density at radius 3 is 2.63 bits per heavy atom. The maximum Gasteiger partial charge on any atom is 0.138 e. The highest BCUT2D eigenvalue weighted by Crippen LogP contribution is 2.28. The van der Waals surface area contributed by atoms with Crippen molar-refractivity contribution in [1.82, 2.24) is 0 Å². The van der Waals surface area contributed by atoms with Gasteiger partial charge >= 0.3 is 0 Å². The topological polar surface area (TPSA) is 41.3 Å². The minimum Gasteiger partial charge on any atom is -0.397 e. The molecule has 0 spiro atoms. The van der Waals surface area contributed by atoms with Crippen LogP contribution in [0.3, 0.4) is 0 Å². The molecular weight excluding hydrogens is 356 g/mol. The minimum absolute atomic E-state index is 0.277. The number of nitrogens with two attached hydrogens (primary N) is 1. The second kappa shape index (κ2) is 5.64. The van der Waals surface area contributed by atoms with E-state index in [1.165, 1.54) is 6.07 Å². The van der Waals surface area contributed by atoms with E-state index in [9.17, 15) is 4.39 Å². The molecule has 19 heavy (non-hydrogen) atoms. The molecule has 0 heterocycles. The van der Waals surface area contributed by atoms with Gasteiger partial charge in [0.25, 0.3) is 0 Å². The van der Waals surface area contributed by atoms with E-state index in [0.29, 0.717) is 14.9 Å². The Bertz CT molecular complexity index is 599. The van der Waals surface area contributed by atoms with Gasteiger partial charge in [0, 0.05) is 31.5 Å². The van der Waals surface area contributed by atoms with Crippen molar-refractivity contribution in [3.63, 3.8) is 0 Å². The predicted octanol–water partition coefficient (Wildman–Crippen LogP) is 3.82. The minimum atomic E-state index is -0.277. The number of hydrogen-bond acceptors (Lipinski definition) is 3. The summed E-state index contributed by atoms with van der Waals surface area (Å²) in [6, 6.07) is 10.9. The molecule has 0 aliphatic heterocycles. The molecular formula is C14H15FIN3. The van der Waals surface area contributed by atoms with Gasteiger partial charge in [-0.2, -0.15) is 0 Å². The SMILES string of the molecule is CN(C)c1cccc(Nc2cc(F)c(I)cc2N)c1. The van der Waals surface area contributed by atoms with Gasteiger partial charge in [-0.15, -0.1) is 0 Å². The van der Waals surface area contributed by atoms with Crippen LogP contribution in [0.5, 0.6) is 0 Å². The Balaban J connectivity index is 2.31. The van der Waals surface area contributed by atoms with Crippen molar-refractivity contribution in [3.05, 3.63) is 45.8 Å². The van der Waals surface area contributed by atoms with Crippen molar-refractivity contribution in [2.75, 3.05) is 30.0 Å². The zero-order valence-electron chi connectivity index (χ0n) is 10.7. The molecule has 0 fully saturated rings. The summed E-state index contributed by atoms with van der Waals surface area (Å²) in [6.45, 7) is 0. The second-order valence-electron chi connectivity index (χ2n) is 4.42. The molecule has 0 aliphatic rings. The van der Waals surface area contributed by atoms with E-state index in [1.54, 1.807) is 6.07 Å². The van der Waals surface area contributed by atoms with E-state index < -0.39 is 0 Å². The normalized spacial score (nSPS) is 10.3. The highest BCUT2D eigenvalue weighted by atomic mass is 127. The second-order valence-corrected chi connectivity index (χ2v) is 5.59. The Kier molecular flexibility index (Phi) is 4.14. The number of hydrogen-bond donors (Lipinski definition) is 2. The lowest BCUT2D eigenvalue weighted by Crippen LogP contribution is -2.08. The van der Waals surface area contributed by atoms with Crippen LogP contribution in [0, 0.1) is 9.39 Å². The van der Waals surface area contributed by atoms with Crippen molar-refractivity contribution in [3.8, 4) is 0 Å². The van der Waals surface area contributed by atoms with Gasteiger partial charge in [0.15, 0.2) is 0 Å². The molecule has 0 saturated carbocycles. The lowest BCUT2D eigenvalue weighted by atomic mass is 10.2. The van der Waals surface area contributed by atoms with Gasteiger partial charge in [-0.3, -0.25) is 0 Å². The molecule has 100 valence electrons. The number of nitrogen functional groups attached to an aromatic ring is 1. The maximum atomic E-state index is 13.6. The molecule has 0 radical (unpaired) electrons. The Labute approximate surface area is 125 Å². The molecule has 2 rings (SSSR count). The molecule has 0 amide bonds. The number of anilines is 4. The molecule has 0 bridgehead atoms. The Morgan fingerprint density at radius 1 is 1.21 bits per heavy atom. The van der Waals surface area contributed by atoms with Crippen molar-refractivity contribution in [1.29, 1.82) is 0 Å². The standard InChI is InChI=1S/C14H15FIN3/c1-19(2)10-5-3-4-9(6-10)18-14-7-11(15)12(16)8-13(14)17/h3-8,18H,17H2,1-2H3. The van der Waals surface area contributed by atoms with Gasteiger partial charge in [0.2, 0.25) is 0 Å². The summed E-state index contributed by atoms with van der Waals surface area (Å²) in [5.74, 6) is -0.277. The fourth-order valence-corrected chi connectivity index (χ4v) is 2.18. The van der Waals surface area contributed by atoms with E-state index in [4.69, 9.17) is 5.73 Å². The van der Waals surface area contributed by atoms with E-state index in [2.05, 4.69) is 5.32 Å². The summed E-state index contributed by atoms with van der Waals surface area (Å²) in [6.07, 6.45) is 0. The summed E-state index contributed by atoms with van der Waals surface area (Å²) >= 11 is 1.92. The molecule has 0 atom stereocenters. The summed E-state index contributed by atoms with van der Waals surface area (Å²) in [5.41, 5.74) is 8.94. The zero-order chi connectivity index (χ0) is 14.0. The van der Waals surface area contributed by atoms with Crippen LogP contribution >= 0.6 is 22.6 Å². The predicted molar refractivity (Wildman–Crippen MR) is 87.6 cm³/mol. The van der Waals surface area contributed by atoms with Gasteiger partial charge in [-0.1, -0.05) is 6.07 Å². The third kappa shape index (κ3) is 3.28. The molecule has 2 aromatic carbocycles. The van der Waals surface area contributed by atoms with Crippen LogP contribution in [0.2, 0.25) is 0 Å². The first-order valence-electron chi connectivity index (χ1n) is 5.76. The lowest BCUT2D eigenvalue weighted by Gasteiger charge is -2.15. The summed E-state index contributed by atoms with van der Waals surface area (Å²) in [7, 11) is 3.94. The molecule has 5 heteroatoms. The average Bonchev–Trinajstić information content (AvgIpc) is 2.36. The molecule has 0 aromatic heterocycles. The van der Waals surface area contributed by atoms with Gasteiger partial charge in [0.1, 0.15) is 5.82 Å². The average molecular weight is 371 g/mol. The van der Waals surface area contributed by atoms with E-state index >= 15 is 0 Å². The number of halogens is 2. The monoisotopic (exact) mass is 371 g/mol. The van der Waals surface area contributed by atoms with Gasteiger partial charge in [-0.05, 0) is 46.9 Å². The molecule has 0 aliphatic carbocycles. The summed E-state index contributed by atoms with van der Waals surface area (Å²) in [5, 5.41) is 3.14. The number of nitrogens with zero attached hydrogens (tertiary/aromatic N) is 1. The van der Waals surface area contributed by atoms with E-state index in [-0.39, 0.29) is 5.82 Å². The number of benzene rings is 2. The first-order valence-corrected chi connectivity index (χ1v) is 6.84. The van der Waals surface area contributed by atoms with E-state index in [1.807, 2.05) is 65.9 Å². The Morgan fingerprint density at radius 2 is 1.95 bits per heavy atom. The zero-order valence-corrected chi connectivity index (χ0v) is 12.9. The van der Waals surface area contributed by atoms with Crippen LogP contribution in [0.1, 0.15) is 0 Å². The third-order valence-electron chi connectivity index (χ3n) is 2.73. The summed E-state index contributed by atoms with van der Waals surface area (Å²) in [4.78, 5) is 2.00. The first-order chi connectivity index (χ1) is 8.97. The van der Waals surface area contributed by atoms with Crippen LogP contribution in [0.4, 0.5) is 27.1 Å². The first kappa shape index (κ1) is 13.9. The molecule has 2 aromatic rings. The van der Waals surface area contributed by atoms with Crippen LogP contribution in [0.15, 0.2) is 36.4 Å². The van der Waals surface area contributed by atoms with Crippen LogP contribution < -0.4 is 16.0 Å². The molecule has 3 nitrogen and oxygen atoms in total. The largest absolute Gasteiger partial charge is 0.397 e.